The number of benzene rings is 2. The van der Waals surface area contributed by atoms with Gasteiger partial charge in [-0.05, 0) is 17.5 Å². The van der Waals surface area contributed by atoms with Crippen molar-refractivity contribution in [3.8, 4) is 0 Å². The Kier molecular flexibility index (Phi) is 6.22. The fraction of sp³-hybridized carbons (Fsp3) is 0.222. The fourth-order valence-electron chi connectivity index (χ4n) is 2.36. The van der Waals surface area contributed by atoms with E-state index in [1.54, 1.807) is 0 Å². The maximum atomic E-state index is 12.0. The highest BCUT2D eigenvalue weighted by molar-refractivity contribution is 5.83. The van der Waals surface area contributed by atoms with E-state index < -0.39 is 16.9 Å². The molecule has 130 valence electrons. The van der Waals surface area contributed by atoms with Crippen molar-refractivity contribution in [1.29, 1.82) is 0 Å². The molecule has 0 saturated carbocycles. The minimum absolute atomic E-state index is 0.0599. The summed E-state index contributed by atoms with van der Waals surface area (Å²) in [6.07, 6.45) is 0.773. The smallest absolute Gasteiger partial charge is 0.326 e. The molecular formula is C18H18N2O5. The number of amides is 1. The molecule has 0 aliphatic carbocycles. The fourth-order valence-corrected chi connectivity index (χ4v) is 2.36. The molecule has 2 aromatic carbocycles. The Bertz CT molecular complexity index is 744. The second-order valence-corrected chi connectivity index (χ2v) is 5.57. The van der Waals surface area contributed by atoms with Crippen LogP contribution in [0.3, 0.4) is 0 Å². The monoisotopic (exact) mass is 342 g/mol. The lowest BCUT2D eigenvalue weighted by atomic mass is 10.0. The molecule has 0 fully saturated rings. The van der Waals surface area contributed by atoms with Gasteiger partial charge >= 0.3 is 5.97 Å². The van der Waals surface area contributed by atoms with Gasteiger partial charge in [-0.25, -0.2) is 4.79 Å². The lowest BCUT2D eigenvalue weighted by Gasteiger charge is -2.14. The van der Waals surface area contributed by atoms with Gasteiger partial charge in [0.1, 0.15) is 6.04 Å². The summed E-state index contributed by atoms with van der Waals surface area (Å²) in [5.41, 5.74) is 1.53. The molecule has 1 amide bonds. The van der Waals surface area contributed by atoms with Crippen LogP contribution in [0.1, 0.15) is 17.5 Å². The van der Waals surface area contributed by atoms with Crippen molar-refractivity contribution in [2.45, 2.75) is 25.3 Å². The number of hydrogen-bond acceptors (Lipinski definition) is 4. The number of nitrogens with one attached hydrogen (secondary N) is 1. The number of hydrogen-bond donors (Lipinski definition) is 2. The SMILES string of the molecule is O=C(CCc1ccccc1)N[C@H](Cc1ccc([N+](=O)[O-])cc1)C(=O)O. The van der Waals surface area contributed by atoms with Crippen molar-refractivity contribution in [3.63, 3.8) is 0 Å². The summed E-state index contributed by atoms with van der Waals surface area (Å²) >= 11 is 0. The first kappa shape index (κ1) is 18.1. The summed E-state index contributed by atoms with van der Waals surface area (Å²) in [4.78, 5) is 33.5. The molecule has 2 rings (SSSR count). The number of carbonyl (C=O) groups excluding carboxylic acids is 1. The molecule has 0 radical (unpaired) electrons. The minimum atomic E-state index is -1.15. The first-order chi connectivity index (χ1) is 12.0. The number of aliphatic carboxylic acids is 1. The molecule has 0 aliphatic rings. The molecule has 7 nitrogen and oxygen atoms in total. The molecule has 0 bridgehead atoms. The van der Waals surface area contributed by atoms with Crippen LogP contribution >= 0.6 is 0 Å². The van der Waals surface area contributed by atoms with E-state index in [2.05, 4.69) is 5.32 Å². The first-order valence-corrected chi connectivity index (χ1v) is 7.75. The van der Waals surface area contributed by atoms with Crippen molar-refractivity contribution in [2.24, 2.45) is 0 Å². The van der Waals surface area contributed by atoms with E-state index in [1.807, 2.05) is 30.3 Å². The van der Waals surface area contributed by atoms with E-state index in [1.165, 1.54) is 24.3 Å². The molecule has 7 heteroatoms. The zero-order valence-electron chi connectivity index (χ0n) is 13.4. The summed E-state index contributed by atoms with van der Waals surface area (Å²) < 4.78 is 0. The Morgan fingerprint density at radius 3 is 2.24 bits per heavy atom. The number of carboxylic acids is 1. The molecule has 0 saturated heterocycles. The number of non-ortho nitro benzene ring substituents is 1. The Morgan fingerprint density at radius 2 is 1.68 bits per heavy atom. The Hall–Kier alpha value is -3.22. The number of carboxylic acid groups (broad SMARTS) is 1. The van der Waals surface area contributed by atoms with E-state index in [0.717, 1.165) is 5.56 Å². The third kappa shape index (κ3) is 5.72. The Morgan fingerprint density at radius 1 is 1.04 bits per heavy atom. The van der Waals surface area contributed by atoms with Crippen LogP contribution in [0.2, 0.25) is 0 Å². The van der Waals surface area contributed by atoms with Crippen molar-refractivity contribution >= 4 is 17.6 Å². The van der Waals surface area contributed by atoms with Crippen LogP contribution in [0, 0.1) is 10.1 Å². The number of nitro benzene ring substituents is 1. The van der Waals surface area contributed by atoms with Crippen LogP contribution in [0.15, 0.2) is 54.6 Å². The second kappa shape index (κ2) is 8.58. The molecule has 1 atom stereocenters. The van der Waals surface area contributed by atoms with Gasteiger partial charge in [-0.15, -0.1) is 0 Å². The minimum Gasteiger partial charge on any atom is -0.480 e. The van der Waals surface area contributed by atoms with Gasteiger partial charge < -0.3 is 10.4 Å². The van der Waals surface area contributed by atoms with Crippen molar-refractivity contribution in [3.05, 3.63) is 75.8 Å². The predicted octanol–water partition coefficient (Wildman–Crippen LogP) is 2.34. The van der Waals surface area contributed by atoms with Gasteiger partial charge in [0, 0.05) is 25.0 Å². The number of nitrogens with zero attached hydrogens (tertiary/aromatic N) is 1. The largest absolute Gasteiger partial charge is 0.480 e. The molecule has 0 heterocycles. The normalized spacial score (nSPS) is 11.5. The zero-order chi connectivity index (χ0) is 18.2. The summed E-state index contributed by atoms with van der Waals surface area (Å²) in [7, 11) is 0. The van der Waals surface area contributed by atoms with Gasteiger partial charge in [0.15, 0.2) is 0 Å². The van der Waals surface area contributed by atoms with Crippen LogP contribution in [0.5, 0.6) is 0 Å². The predicted molar refractivity (Wildman–Crippen MR) is 91.1 cm³/mol. The molecular weight excluding hydrogens is 324 g/mol. The average Bonchev–Trinajstić information content (AvgIpc) is 2.60. The molecule has 2 aromatic rings. The third-order valence-electron chi connectivity index (χ3n) is 3.70. The van der Waals surface area contributed by atoms with Crippen molar-refractivity contribution in [2.75, 3.05) is 0 Å². The number of aryl methyl sites for hydroxylation is 1. The standard InChI is InChI=1S/C18H18N2O5/c21-17(11-8-13-4-2-1-3-5-13)19-16(18(22)23)12-14-6-9-15(10-7-14)20(24)25/h1-7,9-10,16H,8,11-12H2,(H,19,21)(H,22,23)/t16-/m1/s1. The molecule has 0 aliphatic heterocycles. The van der Waals surface area contributed by atoms with E-state index in [9.17, 15) is 24.8 Å². The highest BCUT2D eigenvalue weighted by atomic mass is 16.6. The quantitative estimate of drug-likeness (QED) is 0.565. The van der Waals surface area contributed by atoms with E-state index in [-0.39, 0.29) is 24.4 Å². The lowest BCUT2D eigenvalue weighted by molar-refractivity contribution is -0.384. The van der Waals surface area contributed by atoms with Gasteiger partial charge in [0.2, 0.25) is 5.91 Å². The lowest BCUT2D eigenvalue weighted by Crippen LogP contribution is -2.42. The van der Waals surface area contributed by atoms with E-state index >= 15 is 0 Å². The number of nitro groups is 1. The second-order valence-electron chi connectivity index (χ2n) is 5.57. The molecule has 0 aromatic heterocycles. The summed E-state index contributed by atoms with van der Waals surface area (Å²) in [6, 6.07) is 14.0. The maximum Gasteiger partial charge on any atom is 0.326 e. The van der Waals surface area contributed by atoms with Crippen LogP contribution < -0.4 is 5.32 Å². The zero-order valence-corrected chi connectivity index (χ0v) is 13.4. The third-order valence-corrected chi connectivity index (χ3v) is 3.70. The van der Waals surface area contributed by atoms with Crippen molar-refractivity contribution < 1.29 is 19.6 Å². The molecule has 25 heavy (non-hydrogen) atoms. The van der Waals surface area contributed by atoms with E-state index in [0.29, 0.717) is 12.0 Å². The summed E-state index contributed by atoms with van der Waals surface area (Å²) in [5.74, 6) is -1.50. The molecule has 0 unspecified atom stereocenters. The molecule has 0 spiro atoms. The summed E-state index contributed by atoms with van der Waals surface area (Å²) in [6.45, 7) is 0. The van der Waals surface area contributed by atoms with Gasteiger partial charge in [-0.3, -0.25) is 14.9 Å². The first-order valence-electron chi connectivity index (χ1n) is 7.75. The van der Waals surface area contributed by atoms with Gasteiger partial charge in [-0.2, -0.15) is 0 Å². The highest BCUT2D eigenvalue weighted by Gasteiger charge is 2.20. The highest BCUT2D eigenvalue weighted by Crippen LogP contribution is 2.13. The van der Waals surface area contributed by atoms with Gasteiger partial charge in [0.05, 0.1) is 4.92 Å². The van der Waals surface area contributed by atoms with E-state index in [4.69, 9.17) is 0 Å². The van der Waals surface area contributed by atoms with Gasteiger partial charge in [0.25, 0.3) is 5.69 Å². The van der Waals surface area contributed by atoms with Crippen LogP contribution in [0.4, 0.5) is 5.69 Å². The van der Waals surface area contributed by atoms with Crippen LogP contribution in [-0.2, 0) is 22.4 Å². The van der Waals surface area contributed by atoms with Crippen LogP contribution in [-0.4, -0.2) is 27.9 Å². The maximum absolute atomic E-state index is 12.0. The molecule has 2 N–H and O–H groups in total. The average molecular weight is 342 g/mol. The number of carbonyl (C=O) groups is 2. The van der Waals surface area contributed by atoms with Crippen LogP contribution in [0.25, 0.3) is 0 Å². The summed E-state index contributed by atoms with van der Waals surface area (Å²) in [5, 5.41) is 22.4. The van der Waals surface area contributed by atoms with Crippen molar-refractivity contribution in [1.82, 2.24) is 5.32 Å². The Labute approximate surface area is 144 Å². The van der Waals surface area contributed by atoms with Gasteiger partial charge in [-0.1, -0.05) is 42.5 Å². The topological polar surface area (TPSA) is 110 Å². The number of rotatable bonds is 8. The Balaban J connectivity index is 1.92.